The third-order valence-electron chi connectivity index (χ3n) is 4.51. The first-order valence-corrected chi connectivity index (χ1v) is 9.12. The molecular formula is C20H32N2O3. The maximum absolute atomic E-state index is 10.3. The van der Waals surface area contributed by atoms with Gasteiger partial charge in [-0.3, -0.25) is 9.80 Å². The molecular weight excluding hydrogens is 316 g/mol. The minimum absolute atomic E-state index is 0.341. The van der Waals surface area contributed by atoms with Crippen LogP contribution in [0.3, 0.4) is 0 Å². The van der Waals surface area contributed by atoms with Gasteiger partial charge in [0.2, 0.25) is 0 Å². The van der Waals surface area contributed by atoms with Crippen LogP contribution in [0.25, 0.3) is 0 Å². The van der Waals surface area contributed by atoms with E-state index in [1.54, 1.807) is 6.08 Å². The topological polar surface area (TPSA) is 45.2 Å². The van der Waals surface area contributed by atoms with Crippen molar-refractivity contribution >= 4 is 0 Å². The summed E-state index contributed by atoms with van der Waals surface area (Å²) in [5.41, 5.74) is 2.60. The van der Waals surface area contributed by atoms with Crippen LogP contribution in [0.15, 0.2) is 36.9 Å². The number of ether oxygens (including phenoxy) is 2. The van der Waals surface area contributed by atoms with Gasteiger partial charge in [0.15, 0.2) is 0 Å². The van der Waals surface area contributed by atoms with Crippen molar-refractivity contribution in [2.24, 2.45) is 0 Å². The molecule has 1 fully saturated rings. The zero-order valence-electron chi connectivity index (χ0n) is 15.4. The van der Waals surface area contributed by atoms with E-state index in [-0.39, 0.29) is 0 Å². The Balaban J connectivity index is 1.89. The summed E-state index contributed by atoms with van der Waals surface area (Å²) in [7, 11) is 0. The molecule has 2 rings (SSSR count). The molecule has 1 aromatic carbocycles. The molecule has 1 aromatic rings. The highest BCUT2D eigenvalue weighted by molar-refractivity contribution is 5.25. The molecule has 5 nitrogen and oxygen atoms in total. The number of aliphatic hydroxyl groups excluding tert-OH is 1. The third kappa shape index (κ3) is 7.67. The zero-order valence-corrected chi connectivity index (χ0v) is 15.4. The molecule has 0 saturated carbocycles. The molecule has 25 heavy (non-hydrogen) atoms. The molecule has 0 amide bonds. The molecule has 0 spiro atoms. The lowest BCUT2D eigenvalue weighted by atomic mass is 10.1. The maximum atomic E-state index is 10.3. The van der Waals surface area contributed by atoms with E-state index >= 15 is 0 Å². The minimum atomic E-state index is -0.492. The lowest BCUT2D eigenvalue weighted by Gasteiger charge is -2.31. The average molecular weight is 348 g/mol. The summed E-state index contributed by atoms with van der Waals surface area (Å²) in [6, 6.07) is 8.44. The Labute approximate surface area is 151 Å². The van der Waals surface area contributed by atoms with Gasteiger partial charge in [-0.1, -0.05) is 30.3 Å². The predicted molar refractivity (Wildman–Crippen MR) is 101 cm³/mol. The standard InChI is InChI=1S/C20H32N2O3/c1-3-12-25-17-20(23)16-22(9-8-21-10-13-24-14-11-21)15-19-7-5-4-6-18(19)2/h3-7,20,23H,1,8-17H2,2H3. The van der Waals surface area contributed by atoms with Crippen molar-refractivity contribution in [1.29, 1.82) is 0 Å². The van der Waals surface area contributed by atoms with Crippen LogP contribution in [0.5, 0.6) is 0 Å². The fourth-order valence-electron chi connectivity index (χ4n) is 3.01. The van der Waals surface area contributed by atoms with Crippen LogP contribution < -0.4 is 0 Å². The Kier molecular flexibility index (Phi) is 9.15. The molecule has 5 heteroatoms. The SMILES string of the molecule is C=CCOCC(O)CN(CCN1CCOCC1)Cc1ccccc1C. The summed E-state index contributed by atoms with van der Waals surface area (Å²) in [6.45, 7) is 13.6. The van der Waals surface area contributed by atoms with Crippen LogP contribution in [0, 0.1) is 6.92 Å². The van der Waals surface area contributed by atoms with Gasteiger partial charge in [0.05, 0.1) is 32.5 Å². The van der Waals surface area contributed by atoms with Gasteiger partial charge in [-0.05, 0) is 18.1 Å². The second-order valence-corrected chi connectivity index (χ2v) is 6.60. The molecule has 140 valence electrons. The Morgan fingerprint density at radius 1 is 1.36 bits per heavy atom. The number of morpholine rings is 1. The largest absolute Gasteiger partial charge is 0.389 e. The molecule has 1 aliphatic rings. The van der Waals surface area contributed by atoms with E-state index in [4.69, 9.17) is 9.47 Å². The first-order chi connectivity index (χ1) is 12.2. The second kappa shape index (κ2) is 11.4. The van der Waals surface area contributed by atoms with E-state index in [2.05, 4.69) is 47.6 Å². The second-order valence-electron chi connectivity index (χ2n) is 6.60. The van der Waals surface area contributed by atoms with Crippen LogP contribution in [0.4, 0.5) is 0 Å². The minimum Gasteiger partial charge on any atom is -0.389 e. The number of aryl methyl sites for hydroxylation is 1. The molecule has 0 aromatic heterocycles. The number of benzene rings is 1. The summed E-state index contributed by atoms with van der Waals surface area (Å²) in [5, 5.41) is 10.3. The quantitative estimate of drug-likeness (QED) is 0.487. The Bertz CT molecular complexity index is 503. The monoisotopic (exact) mass is 348 g/mol. The van der Waals surface area contributed by atoms with E-state index in [0.29, 0.717) is 19.8 Å². The van der Waals surface area contributed by atoms with Crippen molar-refractivity contribution in [1.82, 2.24) is 9.80 Å². The summed E-state index contributed by atoms with van der Waals surface area (Å²) in [4.78, 5) is 4.74. The molecule has 1 unspecified atom stereocenters. The summed E-state index contributed by atoms with van der Waals surface area (Å²) >= 11 is 0. The maximum Gasteiger partial charge on any atom is 0.0900 e. The fourth-order valence-corrected chi connectivity index (χ4v) is 3.01. The highest BCUT2D eigenvalue weighted by atomic mass is 16.5. The summed E-state index contributed by atoms with van der Waals surface area (Å²) < 4.78 is 10.8. The summed E-state index contributed by atoms with van der Waals surface area (Å²) in [6.07, 6.45) is 1.21. The number of hydrogen-bond acceptors (Lipinski definition) is 5. The molecule has 0 bridgehead atoms. The first kappa shape index (κ1) is 20.1. The molecule has 0 aliphatic carbocycles. The smallest absolute Gasteiger partial charge is 0.0900 e. The van der Waals surface area contributed by atoms with E-state index < -0.39 is 6.10 Å². The van der Waals surface area contributed by atoms with Crippen molar-refractivity contribution in [3.63, 3.8) is 0 Å². The van der Waals surface area contributed by atoms with E-state index in [9.17, 15) is 5.11 Å². The molecule has 1 N–H and O–H groups in total. The van der Waals surface area contributed by atoms with Gasteiger partial charge in [-0.25, -0.2) is 0 Å². The zero-order chi connectivity index (χ0) is 17.9. The predicted octanol–water partition coefficient (Wildman–Crippen LogP) is 1.69. The van der Waals surface area contributed by atoms with Crippen LogP contribution in [-0.2, 0) is 16.0 Å². The highest BCUT2D eigenvalue weighted by Crippen LogP contribution is 2.11. The summed E-state index contributed by atoms with van der Waals surface area (Å²) in [5.74, 6) is 0. The van der Waals surface area contributed by atoms with Crippen LogP contribution >= 0.6 is 0 Å². The van der Waals surface area contributed by atoms with E-state index in [0.717, 1.165) is 45.9 Å². The highest BCUT2D eigenvalue weighted by Gasteiger charge is 2.16. The van der Waals surface area contributed by atoms with Gasteiger partial charge in [-0.15, -0.1) is 6.58 Å². The molecule has 0 radical (unpaired) electrons. The lowest BCUT2D eigenvalue weighted by Crippen LogP contribution is -2.43. The van der Waals surface area contributed by atoms with Gasteiger partial charge in [0.1, 0.15) is 0 Å². The Morgan fingerprint density at radius 2 is 2.12 bits per heavy atom. The van der Waals surface area contributed by atoms with Crippen molar-refractivity contribution in [3.8, 4) is 0 Å². The van der Waals surface area contributed by atoms with Crippen molar-refractivity contribution < 1.29 is 14.6 Å². The average Bonchev–Trinajstić information content (AvgIpc) is 2.62. The number of aliphatic hydroxyl groups is 1. The third-order valence-corrected chi connectivity index (χ3v) is 4.51. The van der Waals surface area contributed by atoms with Gasteiger partial charge < -0.3 is 14.6 Å². The van der Waals surface area contributed by atoms with E-state index in [1.165, 1.54) is 11.1 Å². The first-order valence-electron chi connectivity index (χ1n) is 9.12. The van der Waals surface area contributed by atoms with Crippen LogP contribution in [0.1, 0.15) is 11.1 Å². The van der Waals surface area contributed by atoms with Crippen molar-refractivity contribution in [2.45, 2.75) is 19.6 Å². The normalized spacial score (nSPS) is 16.9. The van der Waals surface area contributed by atoms with Crippen LogP contribution in [-0.4, -0.2) is 80.2 Å². The Hall–Kier alpha value is -1.24. The molecule has 1 heterocycles. The van der Waals surface area contributed by atoms with Crippen LogP contribution in [0.2, 0.25) is 0 Å². The number of rotatable bonds is 11. The Morgan fingerprint density at radius 3 is 2.84 bits per heavy atom. The van der Waals surface area contributed by atoms with Crippen molar-refractivity contribution in [3.05, 3.63) is 48.0 Å². The lowest BCUT2D eigenvalue weighted by molar-refractivity contribution is 0.0128. The van der Waals surface area contributed by atoms with Gasteiger partial charge in [0, 0.05) is 39.3 Å². The van der Waals surface area contributed by atoms with Gasteiger partial charge in [-0.2, -0.15) is 0 Å². The van der Waals surface area contributed by atoms with E-state index in [1.807, 2.05) is 0 Å². The number of nitrogens with zero attached hydrogens (tertiary/aromatic N) is 2. The van der Waals surface area contributed by atoms with Crippen molar-refractivity contribution in [2.75, 3.05) is 59.2 Å². The molecule has 1 saturated heterocycles. The fraction of sp³-hybridized carbons (Fsp3) is 0.600. The number of hydrogen-bond donors (Lipinski definition) is 1. The van der Waals surface area contributed by atoms with Gasteiger partial charge in [0.25, 0.3) is 0 Å². The van der Waals surface area contributed by atoms with Gasteiger partial charge >= 0.3 is 0 Å². The molecule has 1 atom stereocenters. The molecule has 1 aliphatic heterocycles.